The molecule has 0 radical (unpaired) electrons. The zero-order valence-corrected chi connectivity index (χ0v) is 19.3. The van der Waals surface area contributed by atoms with Crippen LogP contribution in [0.3, 0.4) is 0 Å². The van der Waals surface area contributed by atoms with Gasteiger partial charge in [0.05, 0.1) is 19.8 Å². The summed E-state index contributed by atoms with van der Waals surface area (Å²) in [7, 11) is 5.96. The molecule has 0 spiro atoms. The number of carbonyl (C=O) groups excluding carboxylic acids is 2. The van der Waals surface area contributed by atoms with E-state index >= 15 is 0 Å². The molecule has 0 saturated carbocycles. The summed E-state index contributed by atoms with van der Waals surface area (Å²) in [6.07, 6.45) is 1.08. The van der Waals surface area contributed by atoms with Crippen molar-refractivity contribution in [2.75, 3.05) is 28.3 Å². The maximum atomic E-state index is 12.8. The van der Waals surface area contributed by atoms with Gasteiger partial charge in [-0.1, -0.05) is 59.1 Å². The molecule has 0 aliphatic heterocycles. The van der Waals surface area contributed by atoms with Crippen LogP contribution in [0.15, 0.2) is 60.2 Å². The highest BCUT2D eigenvalue weighted by Gasteiger charge is 2.39. The molecule has 0 unspecified atom stereocenters. The van der Waals surface area contributed by atoms with Crippen molar-refractivity contribution in [3.8, 4) is 23.7 Å². The maximum absolute atomic E-state index is 12.8. The lowest BCUT2D eigenvalue weighted by atomic mass is 9.87. The van der Waals surface area contributed by atoms with Crippen LogP contribution in [0.2, 0.25) is 0 Å². The Morgan fingerprint density at radius 1 is 0.812 bits per heavy atom. The van der Waals surface area contributed by atoms with Gasteiger partial charge in [0.2, 0.25) is 0 Å². The maximum Gasteiger partial charge on any atom is 0.337 e. The van der Waals surface area contributed by atoms with Gasteiger partial charge >= 0.3 is 11.9 Å². The summed E-state index contributed by atoms with van der Waals surface area (Å²) in [4.78, 5) is 26.6. The molecule has 0 aliphatic carbocycles. The van der Waals surface area contributed by atoms with Crippen molar-refractivity contribution >= 4 is 11.9 Å². The molecule has 5 heteroatoms. The first kappa shape index (κ1) is 24.5. The monoisotopic (exact) mass is 429 g/mol. The summed E-state index contributed by atoms with van der Waals surface area (Å²) in [6, 6.07) is 15.3. The SMILES string of the molecule is COC(=O)/C=C(\C(=O)OC)C(C#Cc1ccc(C)cc1)(C#Cc1ccc(C)cc1)N(C)C. The van der Waals surface area contributed by atoms with Crippen LogP contribution < -0.4 is 0 Å². The second-order valence-corrected chi connectivity index (χ2v) is 7.41. The van der Waals surface area contributed by atoms with E-state index in [9.17, 15) is 9.59 Å². The Hall–Kier alpha value is -3.80. The van der Waals surface area contributed by atoms with Gasteiger partial charge < -0.3 is 9.47 Å². The fourth-order valence-corrected chi connectivity index (χ4v) is 2.83. The Morgan fingerprint density at radius 3 is 1.59 bits per heavy atom. The average Bonchev–Trinajstić information content (AvgIpc) is 2.79. The molecule has 0 saturated heterocycles. The molecule has 2 rings (SSSR count). The van der Waals surface area contributed by atoms with Gasteiger partial charge in [0, 0.05) is 17.2 Å². The molecule has 5 nitrogen and oxygen atoms in total. The first-order valence-corrected chi connectivity index (χ1v) is 9.97. The smallest absolute Gasteiger partial charge is 0.337 e. The van der Waals surface area contributed by atoms with Gasteiger partial charge in [0.1, 0.15) is 0 Å². The Bertz CT molecular complexity index is 1060. The van der Waals surface area contributed by atoms with Crippen LogP contribution in [0.4, 0.5) is 0 Å². The normalized spacial score (nSPS) is 11.0. The summed E-state index contributed by atoms with van der Waals surface area (Å²) >= 11 is 0. The molecule has 0 fully saturated rings. The van der Waals surface area contributed by atoms with E-state index in [-0.39, 0.29) is 5.57 Å². The Labute approximate surface area is 190 Å². The molecule has 0 bridgehead atoms. The lowest BCUT2D eigenvalue weighted by molar-refractivity contribution is -0.139. The van der Waals surface area contributed by atoms with Crippen molar-refractivity contribution in [1.29, 1.82) is 0 Å². The molecule has 0 N–H and O–H groups in total. The first-order valence-electron chi connectivity index (χ1n) is 9.97. The first-order chi connectivity index (χ1) is 15.2. The van der Waals surface area contributed by atoms with Gasteiger partial charge in [-0.3, -0.25) is 4.90 Å². The summed E-state index contributed by atoms with van der Waals surface area (Å²) in [6.45, 7) is 3.98. The minimum Gasteiger partial charge on any atom is -0.466 e. The molecular formula is C27H27NO4. The van der Waals surface area contributed by atoms with E-state index < -0.39 is 17.5 Å². The van der Waals surface area contributed by atoms with E-state index in [0.717, 1.165) is 28.3 Å². The number of ether oxygens (including phenoxy) is 2. The van der Waals surface area contributed by atoms with Crippen LogP contribution >= 0.6 is 0 Å². The number of hydrogen-bond acceptors (Lipinski definition) is 5. The van der Waals surface area contributed by atoms with Crippen molar-refractivity contribution in [3.63, 3.8) is 0 Å². The van der Waals surface area contributed by atoms with E-state index in [0.29, 0.717) is 0 Å². The van der Waals surface area contributed by atoms with Crippen LogP contribution in [0.25, 0.3) is 0 Å². The molecule has 2 aromatic carbocycles. The highest BCUT2D eigenvalue weighted by Crippen LogP contribution is 2.24. The van der Waals surface area contributed by atoms with E-state index in [4.69, 9.17) is 9.47 Å². The zero-order chi connectivity index (χ0) is 23.7. The molecule has 0 atom stereocenters. The number of benzene rings is 2. The molecule has 32 heavy (non-hydrogen) atoms. The molecule has 0 aliphatic rings. The number of rotatable bonds is 4. The predicted octanol–water partition coefficient (Wildman–Crippen LogP) is 3.28. The van der Waals surface area contributed by atoms with Crippen molar-refractivity contribution in [3.05, 3.63) is 82.4 Å². The van der Waals surface area contributed by atoms with Crippen molar-refractivity contribution in [1.82, 2.24) is 4.90 Å². The summed E-state index contributed by atoms with van der Waals surface area (Å²) in [5.41, 5.74) is 2.25. The number of methoxy groups -OCH3 is 2. The van der Waals surface area contributed by atoms with E-state index in [1.54, 1.807) is 19.0 Å². The largest absolute Gasteiger partial charge is 0.466 e. The molecule has 2 aromatic rings. The quantitative estimate of drug-likeness (QED) is 0.424. The molecule has 0 amide bonds. The number of likely N-dealkylation sites (N-methyl/N-ethyl adjacent to an activating group) is 1. The van der Waals surface area contributed by atoms with Gasteiger partial charge in [-0.05, 0) is 52.2 Å². The van der Waals surface area contributed by atoms with Gasteiger partial charge in [-0.15, -0.1) is 0 Å². The fourth-order valence-electron chi connectivity index (χ4n) is 2.83. The number of nitrogens with zero attached hydrogens (tertiary/aromatic N) is 1. The number of aryl methyl sites for hydroxylation is 2. The van der Waals surface area contributed by atoms with Crippen molar-refractivity contribution in [2.24, 2.45) is 0 Å². The van der Waals surface area contributed by atoms with E-state index in [1.807, 2.05) is 62.4 Å². The number of hydrogen-bond donors (Lipinski definition) is 0. The lowest BCUT2D eigenvalue weighted by Gasteiger charge is -2.31. The highest BCUT2D eigenvalue weighted by molar-refractivity contribution is 6.00. The number of carbonyl (C=O) groups is 2. The average molecular weight is 430 g/mol. The minimum absolute atomic E-state index is 0.0314. The molecule has 164 valence electrons. The number of esters is 2. The second kappa shape index (κ2) is 11.0. The van der Waals surface area contributed by atoms with Crippen molar-refractivity contribution < 1.29 is 19.1 Å². The summed E-state index contributed by atoms with van der Waals surface area (Å²) in [5, 5.41) is 0. The van der Waals surface area contributed by atoms with Crippen LogP contribution in [0.1, 0.15) is 22.3 Å². The second-order valence-electron chi connectivity index (χ2n) is 7.41. The standard InChI is InChI=1S/C27H27NO4/c1-20-7-11-22(12-8-20)15-17-27(28(3)4,18-16-23-13-9-21(2)10-14-23)24(26(30)32-6)19-25(29)31-5/h7-14,19H,1-6H3/b24-19+. The predicted molar refractivity (Wildman–Crippen MR) is 125 cm³/mol. The minimum atomic E-state index is -1.43. The summed E-state index contributed by atoms with van der Waals surface area (Å²) in [5.74, 6) is 11.0. The molecular weight excluding hydrogens is 402 g/mol. The Balaban J connectivity index is 2.78. The van der Waals surface area contributed by atoms with E-state index in [2.05, 4.69) is 23.7 Å². The molecule has 0 aromatic heterocycles. The van der Waals surface area contributed by atoms with Crippen LogP contribution in [0, 0.1) is 37.5 Å². The van der Waals surface area contributed by atoms with Gasteiger partial charge in [0.15, 0.2) is 5.54 Å². The highest BCUT2D eigenvalue weighted by atomic mass is 16.5. The third-order valence-corrected chi connectivity index (χ3v) is 4.81. The van der Waals surface area contributed by atoms with Crippen LogP contribution in [0.5, 0.6) is 0 Å². The third-order valence-electron chi connectivity index (χ3n) is 4.81. The molecule has 0 heterocycles. The topological polar surface area (TPSA) is 55.8 Å². The third kappa shape index (κ3) is 6.11. The van der Waals surface area contributed by atoms with E-state index in [1.165, 1.54) is 14.2 Å². The van der Waals surface area contributed by atoms with Crippen molar-refractivity contribution in [2.45, 2.75) is 19.4 Å². The van der Waals surface area contributed by atoms with Crippen LogP contribution in [-0.2, 0) is 19.1 Å². The Morgan fingerprint density at radius 2 is 1.25 bits per heavy atom. The van der Waals surface area contributed by atoms with Gasteiger partial charge in [-0.2, -0.15) is 0 Å². The van der Waals surface area contributed by atoms with Gasteiger partial charge in [-0.25, -0.2) is 9.59 Å². The Kier molecular flexibility index (Phi) is 8.41. The van der Waals surface area contributed by atoms with Gasteiger partial charge in [0.25, 0.3) is 0 Å². The lowest BCUT2D eigenvalue weighted by Crippen LogP contribution is -2.46. The summed E-state index contributed by atoms with van der Waals surface area (Å²) < 4.78 is 9.74. The fraction of sp³-hybridized carbons (Fsp3) is 0.259. The zero-order valence-electron chi connectivity index (χ0n) is 19.3. The van der Waals surface area contributed by atoms with Crippen LogP contribution in [-0.4, -0.2) is 50.7 Å².